The van der Waals surface area contributed by atoms with E-state index in [2.05, 4.69) is 5.32 Å². The van der Waals surface area contributed by atoms with Crippen molar-refractivity contribution in [2.75, 3.05) is 32.8 Å². The molecule has 0 radical (unpaired) electrons. The smallest absolute Gasteiger partial charge is 0.224 e. The standard InChI is InChI=1S/C11H20N2O2/c14-11(9-10-3-1-4-12-10)13-5-2-7-15-8-6-13/h10,12H,1-9H2. The van der Waals surface area contributed by atoms with Crippen LogP contribution in [0.2, 0.25) is 0 Å². The van der Waals surface area contributed by atoms with E-state index in [-0.39, 0.29) is 0 Å². The molecule has 4 nitrogen and oxygen atoms in total. The van der Waals surface area contributed by atoms with Crippen molar-refractivity contribution in [2.45, 2.75) is 31.7 Å². The van der Waals surface area contributed by atoms with Crippen LogP contribution in [0.1, 0.15) is 25.7 Å². The molecule has 1 N–H and O–H groups in total. The fourth-order valence-electron chi connectivity index (χ4n) is 2.27. The number of nitrogens with zero attached hydrogens (tertiary/aromatic N) is 1. The topological polar surface area (TPSA) is 41.6 Å². The first-order chi connectivity index (χ1) is 7.36. The van der Waals surface area contributed by atoms with Gasteiger partial charge < -0.3 is 15.0 Å². The molecule has 15 heavy (non-hydrogen) atoms. The van der Waals surface area contributed by atoms with Crippen molar-refractivity contribution in [1.29, 1.82) is 0 Å². The summed E-state index contributed by atoms with van der Waals surface area (Å²) in [7, 11) is 0. The lowest BCUT2D eigenvalue weighted by Crippen LogP contribution is -2.37. The molecule has 4 heteroatoms. The molecule has 1 atom stereocenters. The zero-order valence-electron chi connectivity index (χ0n) is 9.21. The van der Waals surface area contributed by atoms with E-state index in [1.807, 2.05) is 4.90 Å². The summed E-state index contributed by atoms with van der Waals surface area (Å²) in [6.07, 6.45) is 4.00. The Morgan fingerprint density at radius 2 is 2.27 bits per heavy atom. The monoisotopic (exact) mass is 212 g/mol. The number of carbonyl (C=O) groups excluding carboxylic acids is 1. The fourth-order valence-corrected chi connectivity index (χ4v) is 2.27. The van der Waals surface area contributed by atoms with Crippen LogP contribution in [-0.2, 0) is 9.53 Å². The molecule has 2 aliphatic rings. The molecule has 2 heterocycles. The maximum absolute atomic E-state index is 11.9. The average molecular weight is 212 g/mol. The second-order valence-corrected chi connectivity index (χ2v) is 4.34. The van der Waals surface area contributed by atoms with Crippen LogP contribution in [0, 0.1) is 0 Å². The number of rotatable bonds is 2. The van der Waals surface area contributed by atoms with E-state index >= 15 is 0 Å². The van der Waals surface area contributed by atoms with E-state index in [1.165, 1.54) is 6.42 Å². The second-order valence-electron chi connectivity index (χ2n) is 4.34. The van der Waals surface area contributed by atoms with Crippen LogP contribution < -0.4 is 5.32 Å². The van der Waals surface area contributed by atoms with E-state index < -0.39 is 0 Å². The van der Waals surface area contributed by atoms with Crippen LogP contribution in [0.5, 0.6) is 0 Å². The highest BCUT2D eigenvalue weighted by molar-refractivity contribution is 5.76. The summed E-state index contributed by atoms with van der Waals surface area (Å²) in [4.78, 5) is 13.9. The molecule has 0 aromatic rings. The first kappa shape index (κ1) is 10.9. The summed E-state index contributed by atoms with van der Waals surface area (Å²) in [5.41, 5.74) is 0. The van der Waals surface area contributed by atoms with Gasteiger partial charge in [0.15, 0.2) is 0 Å². The van der Waals surface area contributed by atoms with Gasteiger partial charge in [0.2, 0.25) is 5.91 Å². The van der Waals surface area contributed by atoms with E-state index in [1.54, 1.807) is 0 Å². The summed E-state index contributed by atoms with van der Waals surface area (Å²) in [5, 5.41) is 3.36. The Kier molecular flexibility index (Phi) is 3.97. The quantitative estimate of drug-likeness (QED) is 0.719. The molecule has 0 saturated carbocycles. The Balaban J connectivity index is 1.77. The number of amides is 1. The number of hydrogen-bond donors (Lipinski definition) is 1. The first-order valence-electron chi connectivity index (χ1n) is 5.95. The van der Waals surface area contributed by atoms with Gasteiger partial charge in [-0.3, -0.25) is 4.79 Å². The molecule has 0 aromatic carbocycles. The molecule has 2 fully saturated rings. The van der Waals surface area contributed by atoms with Gasteiger partial charge in [-0.1, -0.05) is 0 Å². The number of hydrogen-bond acceptors (Lipinski definition) is 3. The van der Waals surface area contributed by atoms with Crippen molar-refractivity contribution in [2.24, 2.45) is 0 Å². The predicted octanol–water partition coefficient (Wildman–Crippen LogP) is 0.377. The first-order valence-corrected chi connectivity index (χ1v) is 5.95. The summed E-state index contributed by atoms with van der Waals surface area (Å²) in [5.74, 6) is 0.292. The third-order valence-electron chi connectivity index (χ3n) is 3.16. The Bertz CT molecular complexity index is 207. The van der Waals surface area contributed by atoms with E-state index in [9.17, 15) is 4.79 Å². The van der Waals surface area contributed by atoms with Crippen LogP contribution in [0.4, 0.5) is 0 Å². The third kappa shape index (κ3) is 3.18. The average Bonchev–Trinajstić information content (AvgIpc) is 2.58. The van der Waals surface area contributed by atoms with Crippen LogP contribution in [-0.4, -0.2) is 49.7 Å². The molecule has 2 aliphatic heterocycles. The van der Waals surface area contributed by atoms with Crippen molar-refractivity contribution < 1.29 is 9.53 Å². The molecule has 2 saturated heterocycles. The summed E-state index contributed by atoms with van der Waals surface area (Å²) in [6, 6.07) is 0.418. The molecule has 0 aliphatic carbocycles. The molecule has 2 rings (SSSR count). The second kappa shape index (κ2) is 5.47. The normalized spacial score (nSPS) is 27.7. The lowest BCUT2D eigenvalue weighted by atomic mass is 10.1. The van der Waals surface area contributed by atoms with Gasteiger partial charge in [0.05, 0.1) is 6.61 Å². The van der Waals surface area contributed by atoms with Gasteiger partial charge in [-0.2, -0.15) is 0 Å². The minimum atomic E-state index is 0.292. The maximum Gasteiger partial charge on any atom is 0.224 e. The van der Waals surface area contributed by atoms with Crippen molar-refractivity contribution in [1.82, 2.24) is 10.2 Å². The summed E-state index contributed by atoms with van der Waals surface area (Å²) in [6.45, 7) is 4.20. The fraction of sp³-hybridized carbons (Fsp3) is 0.909. The minimum Gasteiger partial charge on any atom is -0.380 e. The van der Waals surface area contributed by atoms with Gasteiger partial charge in [-0.05, 0) is 25.8 Å². The zero-order chi connectivity index (χ0) is 10.5. The van der Waals surface area contributed by atoms with E-state index in [0.717, 1.165) is 39.1 Å². The Morgan fingerprint density at radius 3 is 3.07 bits per heavy atom. The highest BCUT2D eigenvalue weighted by Crippen LogP contribution is 2.11. The number of nitrogens with one attached hydrogen (secondary N) is 1. The van der Waals surface area contributed by atoms with Gasteiger partial charge in [0.25, 0.3) is 0 Å². The molecule has 0 aromatic heterocycles. The van der Waals surface area contributed by atoms with Gasteiger partial charge >= 0.3 is 0 Å². The Labute approximate surface area is 91.0 Å². The number of carbonyl (C=O) groups is 1. The van der Waals surface area contributed by atoms with E-state index in [4.69, 9.17) is 4.74 Å². The predicted molar refractivity (Wildman–Crippen MR) is 57.7 cm³/mol. The van der Waals surface area contributed by atoms with Crippen LogP contribution in [0.3, 0.4) is 0 Å². The molecule has 0 bridgehead atoms. The third-order valence-corrected chi connectivity index (χ3v) is 3.16. The Hall–Kier alpha value is -0.610. The van der Waals surface area contributed by atoms with Crippen LogP contribution in [0.25, 0.3) is 0 Å². The van der Waals surface area contributed by atoms with Crippen molar-refractivity contribution in [3.8, 4) is 0 Å². The van der Waals surface area contributed by atoms with Crippen LogP contribution >= 0.6 is 0 Å². The largest absolute Gasteiger partial charge is 0.380 e. The van der Waals surface area contributed by atoms with E-state index in [0.29, 0.717) is 25.0 Å². The molecule has 1 amide bonds. The van der Waals surface area contributed by atoms with Gasteiger partial charge in [-0.15, -0.1) is 0 Å². The molecular formula is C11H20N2O2. The highest BCUT2D eigenvalue weighted by Gasteiger charge is 2.22. The minimum absolute atomic E-state index is 0.292. The lowest BCUT2D eigenvalue weighted by Gasteiger charge is -2.21. The van der Waals surface area contributed by atoms with Gasteiger partial charge in [0.1, 0.15) is 0 Å². The van der Waals surface area contributed by atoms with Gasteiger partial charge in [-0.25, -0.2) is 0 Å². The molecule has 1 unspecified atom stereocenters. The van der Waals surface area contributed by atoms with Crippen LogP contribution in [0.15, 0.2) is 0 Å². The molecule has 0 spiro atoms. The van der Waals surface area contributed by atoms with Crippen molar-refractivity contribution in [3.63, 3.8) is 0 Å². The highest BCUT2D eigenvalue weighted by atomic mass is 16.5. The summed E-state index contributed by atoms with van der Waals surface area (Å²) >= 11 is 0. The van der Waals surface area contributed by atoms with Gasteiger partial charge in [0, 0.05) is 32.2 Å². The molecule has 86 valence electrons. The Morgan fingerprint density at radius 1 is 1.33 bits per heavy atom. The molecular weight excluding hydrogens is 192 g/mol. The van der Waals surface area contributed by atoms with Crippen molar-refractivity contribution >= 4 is 5.91 Å². The summed E-state index contributed by atoms with van der Waals surface area (Å²) < 4.78 is 5.34. The zero-order valence-corrected chi connectivity index (χ0v) is 9.21. The maximum atomic E-state index is 11.9. The lowest BCUT2D eigenvalue weighted by molar-refractivity contribution is -0.131. The SMILES string of the molecule is O=C(CC1CCCN1)N1CCCOCC1. The van der Waals surface area contributed by atoms with Crippen molar-refractivity contribution in [3.05, 3.63) is 0 Å². The number of ether oxygens (including phenoxy) is 1.